The van der Waals surface area contributed by atoms with Gasteiger partial charge in [-0.15, -0.1) is 0 Å². The van der Waals surface area contributed by atoms with Crippen LogP contribution >= 0.6 is 0 Å². The van der Waals surface area contributed by atoms with Gasteiger partial charge in [0.05, 0.1) is 0 Å². The lowest BCUT2D eigenvalue weighted by Crippen LogP contribution is -1.85. The van der Waals surface area contributed by atoms with Gasteiger partial charge in [-0.3, -0.25) is 0 Å². The van der Waals surface area contributed by atoms with Crippen molar-refractivity contribution in [1.82, 2.24) is 10.1 Å². The summed E-state index contributed by atoms with van der Waals surface area (Å²) in [5.41, 5.74) is 7.80. The average molecular weight is 253 g/mol. The Morgan fingerprint density at radius 3 is 2.58 bits per heavy atom. The summed E-state index contributed by atoms with van der Waals surface area (Å²) in [5.74, 6) is 0.978. The zero-order valence-electron chi connectivity index (χ0n) is 9.95. The van der Waals surface area contributed by atoms with E-state index in [4.69, 9.17) is 10.3 Å². The summed E-state index contributed by atoms with van der Waals surface area (Å²) in [5, 5.41) is 13.3. The molecule has 0 fully saturated rings. The zero-order valence-corrected chi connectivity index (χ0v) is 9.95. The summed E-state index contributed by atoms with van der Waals surface area (Å²) in [4.78, 5) is 4.29. The average Bonchev–Trinajstić information content (AvgIpc) is 2.88. The van der Waals surface area contributed by atoms with Gasteiger partial charge in [-0.05, 0) is 30.3 Å². The maximum atomic E-state index is 9.43. The Kier molecular flexibility index (Phi) is 2.64. The number of phenols is 1. The van der Waals surface area contributed by atoms with Crippen LogP contribution in [0.2, 0.25) is 0 Å². The summed E-state index contributed by atoms with van der Waals surface area (Å²) in [6.45, 7) is 0. The molecule has 0 aliphatic carbocycles. The minimum Gasteiger partial charge on any atom is -0.508 e. The highest BCUT2D eigenvalue weighted by Crippen LogP contribution is 2.25. The number of hydrogen-bond acceptors (Lipinski definition) is 5. The number of benzene rings is 2. The van der Waals surface area contributed by atoms with Gasteiger partial charge in [0.1, 0.15) is 5.75 Å². The molecule has 5 nitrogen and oxygen atoms in total. The van der Waals surface area contributed by atoms with E-state index in [9.17, 15) is 5.11 Å². The number of nitrogens with zero attached hydrogens (tertiary/aromatic N) is 2. The molecule has 3 aromatic rings. The molecule has 0 amide bonds. The molecule has 1 heterocycles. The van der Waals surface area contributed by atoms with Crippen molar-refractivity contribution in [3.63, 3.8) is 0 Å². The predicted molar refractivity (Wildman–Crippen MR) is 71.2 cm³/mol. The van der Waals surface area contributed by atoms with E-state index in [-0.39, 0.29) is 5.75 Å². The Balaban J connectivity index is 2.00. The molecule has 5 heteroatoms. The first kappa shape index (κ1) is 11.3. The van der Waals surface area contributed by atoms with E-state index >= 15 is 0 Å². The number of aromatic nitrogens is 2. The lowest BCUT2D eigenvalue weighted by molar-refractivity contribution is 0.432. The molecule has 0 aliphatic heterocycles. The van der Waals surface area contributed by atoms with Crippen LogP contribution < -0.4 is 5.73 Å². The van der Waals surface area contributed by atoms with Crippen LogP contribution in [0.5, 0.6) is 5.75 Å². The molecule has 0 atom stereocenters. The third-order valence-electron chi connectivity index (χ3n) is 2.66. The largest absolute Gasteiger partial charge is 0.508 e. The molecule has 0 radical (unpaired) electrons. The van der Waals surface area contributed by atoms with Crippen molar-refractivity contribution in [1.29, 1.82) is 0 Å². The number of hydrogen-bond donors (Lipinski definition) is 2. The van der Waals surface area contributed by atoms with Crippen LogP contribution in [0.1, 0.15) is 0 Å². The van der Waals surface area contributed by atoms with Gasteiger partial charge < -0.3 is 15.4 Å². The van der Waals surface area contributed by atoms with Gasteiger partial charge in [-0.25, -0.2) is 0 Å². The van der Waals surface area contributed by atoms with Gasteiger partial charge >= 0.3 is 0 Å². The highest BCUT2D eigenvalue weighted by Gasteiger charge is 2.10. The summed E-state index contributed by atoms with van der Waals surface area (Å²) < 4.78 is 5.20. The minimum atomic E-state index is 0.160. The fourth-order valence-electron chi connectivity index (χ4n) is 1.77. The number of nitrogen functional groups attached to an aromatic ring is 1. The number of rotatable bonds is 2. The number of nitrogens with two attached hydrogens (primary N) is 1. The second kappa shape index (κ2) is 4.45. The van der Waals surface area contributed by atoms with E-state index in [0.717, 1.165) is 5.56 Å². The fraction of sp³-hybridized carbons (Fsp3) is 0. The first-order valence-corrected chi connectivity index (χ1v) is 5.71. The number of anilines is 1. The third kappa shape index (κ3) is 2.26. The normalized spacial score (nSPS) is 10.5. The second-order valence-corrected chi connectivity index (χ2v) is 4.10. The van der Waals surface area contributed by atoms with Crippen LogP contribution in [0.4, 0.5) is 5.69 Å². The molecule has 0 aliphatic rings. The number of aromatic hydroxyl groups is 1. The molecule has 0 saturated carbocycles. The van der Waals surface area contributed by atoms with Crippen molar-refractivity contribution in [2.75, 3.05) is 5.73 Å². The quantitative estimate of drug-likeness (QED) is 0.686. The van der Waals surface area contributed by atoms with E-state index in [1.807, 2.05) is 12.1 Å². The molecule has 0 unspecified atom stereocenters. The molecule has 2 aromatic carbocycles. The highest BCUT2D eigenvalue weighted by atomic mass is 16.5. The minimum absolute atomic E-state index is 0.160. The van der Waals surface area contributed by atoms with Crippen LogP contribution in [-0.2, 0) is 0 Å². The van der Waals surface area contributed by atoms with Gasteiger partial charge in [-0.1, -0.05) is 23.4 Å². The van der Waals surface area contributed by atoms with Crippen molar-refractivity contribution >= 4 is 5.69 Å². The third-order valence-corrected chi connectivity index (χ3v) is 2.66. The summed E-state index contributed by atoms with van der Waals surface area (Å²) in [6.07, 6.45) is 0. The van der Waals surface area contributed by atoms with Gasteiger partial charge in [0.2, 0.25) is 5.82 Å². The van der Waals surface area contributed by atoms with Crippen LogP contribution in [-0.4, -0.2) is 15.2 Å². The van der Waals surface area contributed by atoms with E-state index in [2.05, 4.69) is 10.1 Å². The van der Waals surface area contributed by atoms with Gasteiger partial charge in [0.25, 0.3) is 5.89 Å². The zero-order chi connectivity index (χ0) is 13.2. The molecular formula is C14H11N3O2. The van der Waals surface area contributed by atoms with Crippen molar-refractivity contribution in [2.24, 2.45) is 0 Å². The summed E-state index contributed by atoms with van der Waals surface area (Å²) in [6, 6.07) is 13.9. The highest BCUT2D eigenvalue weighted by molar-refractivity contribution is 5.63. The molecule has 94 valence electrons. The summed E-state index contributed by atoms with van der Waals surface area (Å²) in [7, 11) is 0. The van der Waals surface area contributed by atoms with Crippen molar-refractivity contribution in [3.8, 4) is 28.6 Å². The smallest absolute Gasteiger partial charge is 0.258 e. The summed E-state index contributed by atoms with van der Waals surface area (Å²) >= 11 is 0. The molecule has 19 heavy (non-hydrogen) atoms. The molecule has 1 aromatic heterocycles. The van der Waals surface area contributed by atoms with Crippen LogP contribution in [0.3, 0.4) is 0 Å². The Morgan fingerprint density at radius 1 is 1.00 bits per heavy atom. The van der Waals surface area contributed by atoms with Crippen molar-refractivity contribution < 1.29 is 9.63 Å². The van der Waals surface area contributed by atoms with Crippen LogP contribution in [0, 0.1) is 0 Å². The van der Waals surface area contributed by atoms with Gasteiger partial charge in [0.15, 0.2) is 0 Å². The van der Waals surface area contributed by atoms with Gasteiger partial charge in [-0.2, -0.15) is 4.98 Å². The molecule has 0 saturated heterocycles. The lowest BCUT2D eigenvalue weighted by Gasteiger charge is -1.96. The monoisotopic (exact) mass is 253 g/mol. The molecule has 3 rings (SSSR count). The molecule has 3 N–H and O–H groups in total. The van der Waals surface area contributed by atoms with Gasteiger partial charge in [0, 0.05) is 16.8 Å². The van der Waals surface area contributed by atoms with E-state index in [1.54, 1.807) is 36.4 Å². The number of phenolic OH excluding ortho intramolecular Hbond substituents is 1. The second-order valence-electron chi connectivity index (χ2n) is 4.10. The SMILES string of the molecule is Nc1cccc(-c2nc(-c3cccc(O)c3)no2)c1. The van der Waals surface area contributed by atoms with E-state index in [1.165, 1.54) is 0 Å². The lowest BCUT2D eigenvalue weighted by atomic mass is 10.2. The van der Waals surface area contributed by atoms with E-state index in [0.29, 0.717) is 23.0 Å². The van der Waals surface area contributed by atoms with Crippen LogP contribution in [0.15, 0.2) is 53.1 Å². The first-order chi connectivity index (χ1) is 9.22. The Labute approximate surface area is 109 Å². The Hall–Kier alpha value is -2.82. The fourth-order valence-corrected chi connectivity index (χ4v) is 1.77. The maximum Gasteiger partial charge on any atom is 0.258 e. The molecular weight excluding hydrogens is 242 g/mol. The topological polar surface area (TPSA) is 85.2 Å². The standard InChI is InChI=1S/C14H11N3O2/c15-11-5-1-4-10(7-11)14-16-13(17-19-14)9-3-2-6-12(18)8-9/h1-8,18H,15H2. The van der Waals surface area contributed by atoms with Crippen molar-refractivity contribution in [3.05, 3.63) is 48.5 Å². The Morgan fingerprint density at radius 2 is 1.79 bits per heavy atom. The first-order valence-electron chi connectivity index (χ1n) is 5.71. The van der Waals surface area contributed by atoms with Crippen molar-refractivity contribution in [2.45, 2.75) is 0 Å². The van der Waals surface area contributed by atoms with E-state index < -0.39 is 0 Å². The Bertz CT molecular complexity index is 662. The molecule has 0 bridgehead atoms. The van der Waals surface area contributed by atoms with Crippen LogP contribution in [0.25, 0.3) is 22.8 Å². The molecule has 0 spiro atoms. The predicted octanol–water partition coefficient (Wildman–Crippen LogP) is 2.69. The maximum absolute atomic E-state index is 9.43.